The van der Waals surface area contributed by atoms with E-state index >= 15 is 0 Å². The minimum absolute atomic E-state index is 0.0288. The zero-order valence-electron chi connectivity index (χ0n) is 17.5. The van der Waals surface area contributed by atoms with Crippen molar-refractivity contribution in [3.8, 4) is 5.75 Å². The van der Waals surface area contributed by atoms with Gasteiger partial charge in [0, 0.05) is 13.1 Å². The summed E-state index contributed by atoms with van der Waals surface area (Å²) in [5.41, 5.74) is 1.90. The number of esters is 1. The van der Waals surface area contributed by atoms with Crippen LogP contribution in [0.25, 0.3) is 11.0 Å². The molecule has 1 fully saturated rings. The molecule has 0 spiro atoms. The van der Waals surface area contributed by atoms with Gasteiger partial charge in [0.1, 0.15) is 17.9 Å². The molecule has 0 aliphatic carbocycles. The summed E-state index contributed by atoms with van der Waals surface area (Å²) < 4.78 is 12.7. The zero-order chi connectivity index (χ0) is 20.9. The van der Waals surface area contributed by atoms with E-state index in [2.05, 4.69) is 26.0 Å². The molecule has 0 radical (unpaired) electrons. The second-order valence-corrected chi connectivity index (χ2v) is 7.33. The van der Waals surface area contributed by atoms with Gasteiger partial charge in [-0.3, -0.25) is 4.79 Å². The third-order valence-electron chi connectivity index (χ3n) is 5.37. The molecule has 2 aromatic heterocycles. The molecule has 4 rings (SSSR count). The molecule has 0 bridgehead atoms. The highest BCUT2D eigenvalue weighted by atomic mass is 16.5. The highest BCUT2D eigenvalue weighted by Crippen LogP contribution is 2.28. The Morgan fingerprint density at radius 3 is 2.77 bits per heavy atom. The largest absolute Gasteiger partial charge is 0.494 e. The first-order valence-electron chi connectivity index (χ1n) is 10.5. The van der Waals surface area contributed by atoms with E-state index < -0.39 is 0 Å². The number of carbonyl (C=O) groups excluding carboxylic acids is 1. The molecule has 158 valence electrons. The van der Waals surface area contributed by atoms with Gasteiger partial charge >= 0.3 is 5.97 Å². The van der Waals surface area contributed by atoms with E-state index in [9.17, 15) is 4.79 Å². The number of carbonyl (C=O) groups is 1. The average Bonchev–Trinajstić information content (AvgIpc) is 3.17. The van der Waals surface area contributed by atoms with Crippen molar-refractivity contribution in [3.05, 3.63) is 42.4 Å². The molecule has 3 aromatic rings. The SMILES string of the molecule is CCOC(=O)C1CCN(c2ncnc3c2cnn3Cc2cccc(OCC)c2)CC1. The summed E-state index contributed by atoms with van der Waals surface area (Å²) in [5, 5.41) is 5.49. The van der Waals surface area contributed by atoms with E-state index in [4.69, 9.17) is 9.47 Å². The minimum atomic E-state index is -0.0907. The number of piperidine rings is 1. The number of ether oxygens (including phenoxy) is 2. The molecule has 8 heteroatoms. The van der Waals surface area contributed by atoms with E-state index in [1.165, 1.54) is 0 Å². The van der Waals surface area contributed by atoms with E-state index in [0.717, 1.165) is 54.1 Å². The van der Waals surface area contributed by atoms with Gasteiger partial charge in [-0.15, -0.1) is 0 Å². The van der Waals surface area contributed by atoms with Gasteiger partial charge < -0.3 is 14.4 Å². The first kappa shape index (κ1) is 20.1. The third kappa shape index (κ3) is 4.22. The number of anilines is 1. The topological polar surface area (TPSA) is 82.4 Å². The number of hydrogen-bond donors (Lipinski definition) is 0. The first-order chi connectivity index (χ1) is 14.7. The maximum Gasteiger partial charge on any atom is 0.309 e. The second-order valence-electron chi connectivity index (χ2n) is 7.33. The van der Waals surface area contributed by atoms with Crippen molar-refractivity contribution in [2.75, 3.05) is 31.2 Å². The van der Waals surface area contributed by atoms with Crippen molar-refractivity contribution in [1.29, 1.82) is 0 Å². The van der Waals surface area contributed by atoms with Gasteiger partial charge in [-0.2, -0.15) is 5.10 Å². The number of hydrogen-bond acceptors (Lipinski definition) is 7. The third-order valence-corrected chi connectivity index (χ3v) is 5.37. The normalized spacial score (nSPS) is 14.8. The molecule has 0 amide bonds. The Kier molecular flexibility index (Phi) is 6.11. The van der Waals surface area contributed by atoms with E-state index in [0.29, 0.717) is 19.8 Å². The van der Waals surface area contributed by atoms with Crippen molar-refractivity contribution >= 4 is 22.8 Å². The second kappa shape index (κ2) is 9.11. The molecule has 1 aromatic carbocycles. The van der Waals surface area contributed by atoms with Crippen LogP contribution in [-0.2, 0) is 16.1 Å². The highest BCUT2D eigenvalue weighted by Gasteiger charge is 2.27. The van der Waals surface area contributed by atoms with Crippen molar-refractivity contribution in [3.63, 3.8) is 0 Å². The van der Waals surface area contributed by atoms with Gasteiger partial charge in [0.15, 0.2) is 5.65 Å². The lowest BCUT2D eigenvalue weighted by molar-refractivity contribution is -0.148. The van der Waals surface area contributed by atoms with Crippen molar-refractivity contribution in [1.82, 2.24) is 19.7 Å². The molecular weight excluding hydrogens is 382 g/mol. The Morgan fingerprint density at radius 1 is 1.17 bits per heavy atom. The standard InChI is InChI=1S/C22H27N5O3/c1-3-29-18-7-5-6-16(12-18)14-27-21-19(13-25-27)20(23-15-24-21)26-10-8-17(9-11-26)22(28)30-4-2/h5-7,12-13,15,17H,3-4,8-11,14H2,1-2H3. The monoisotopic (exact) mass is 409 g/mol. The fraction of sp³-hybridized carbons (Fsp3) is 0.455. The Bertz CT molecular complexity index is 1010. The Labute approximate surface area is 175 Å². The zero-order valence-corrected chi connectivity index (χ0v) is 17.5. The number of aromatic nitrogens is 4. The molecule has 30 heavy (non-hydrogen) atoms. The summed E-state index contributed by atoms with van der Waals surface area (Å²) in [4.78, 5) is 23.2. The molecule has 1 aliphatic heterocycles. The molecule has 3 heterocycles. The molecule has 1 aliphatic rings. The summed E-state index contributed by atoms with van der Waals surface area (Å²) in [5.74, 6) is 1.61. The lowest BCUT2D eigenvalue weighted by Gasteiger charge is -2.31. The van der Waals surface area contributed by atoms with E-state index in [-0.39, 0.29) is 11.9 Å². The van der Waals surface area contributed by atoms with Crippen LogP contribution >= 0.6 is 0 Å². The van der Waals surface area contributed by atoms with Gasteiger partial charge in [-0.25, -0.2) is 14.6 Å². The van der Waals surface area contributed by atoms with Crippen LogP contribution in [0.4, 0.5) is 5.82 Å². The van der Waals surface area contributed by atoms with E-state index in [1.807, 2.05) is 42.9 Å². The van der Waals surface area contributed by atoms with Crippen LogP contribution in [0.5, 0.6) is 5.75 Å². The van der Waals surface area contributed by atoms with Crippen LogP contribution in [0, 0.1) is 5.92 Å². The Hall–Kier alpha value is -3.16. The van der Waals surface area contributed by atoms with Gasteiger partial charge in [0.2, 0.25) is 0 Å². The van der Waals surface area contributed by atoms with Gasteiger partial charge in [-0.05, 0) is 44.4 Å². The van der Waals surface area contributed by atoms with E-state index in [1.54, 1.807) is 6.33 Å². The molecule has 1 saturated heterocycles. The summed E-state index contributed by atoms with van der Waals surface area (Å²) in [6.45, 7) is 7.01. The smallest absolute Gasteiger partial charge is 0.309 e. The van der Waals surface area contributed by atoms with Gasteiger partial charge in [0.05, 0.1) is 37.3 Å². The summed E-state index contributed by atoms with van der Waals surface area (Å²) in [6, 6.07) is 8.02. The van der Waals surface area contributed by atoms with Crippen molar-refractivity contribution in [2.45, 2.75) is 33.2 Å². The van der Waals surface area contributed by atoms with Crippen LogP contribution < -0.4 is 9.64 Å². The number of benzene rings is 1. The predicted octanol–water partition coefficient (Wildman–Crippen LogP) is 3.05. The molecular formula is C22H27N5O3. The first-order valence-corrected chi connectivity index (χ1v) is 10.5. The molecule has 0 unspecified atom stereocenters. The van der Waals surface area contributed by atoms with Crippen molar-refractivity contribution < 1.29 is 14.3 Å². The Balaban J connectivity index is 1.51. The van der Waals surface area contributed by atoms with Crippen LogP contribution in [0.1, 0.15) is 32.3 Å². The quantitative estimate of drug-likeness (QED) is 0.555. The Morgan fingerprint density at radius 2 is 2.00 bits per heavy atom. The van der Waals surface area contributed by atoms with Crippen LogP contribution in [-0.4, -0.2) is 52.0 Å². The molecule has 0 N–H and O–H groups in total. The minimum Gasteiger partial charge on any atom is -0.494 e. The summed E-state index contributed by atoms with van der Waals surface area (Å²) in [7, 11) is 0. The predicted molar refractivity (Wildman–Crippen MR) is 114 cm³/mol. The lowest BCUT2D eigenvalue weighted by Crippen LogP contribution is -2.37. The van der Waals surface area contributed by atoms with Gasteiger partial charge in [-0.1, -0.05) is 12.1 Å². The van der Waals surface area contributed by atoms with Crippen LogP contribution in [0.15, 0.2) is 36.8 Å². The lowest BCUT2D eigenvalue weighted by atomic mass is 9.97. The van der Waals surface area contributed by atoms with Crippen molar-refractivity contribution in [2.24, 2.45) is 5.92 Å². The fourth-order valence-electron chi connectivity index (χ4n) is 3.91. The van der Waals surface area contributed by atoms with Crippen LogP contribution in [0.3, 0.4) is 0 Å². The molecule has 8 nitrogen and oxygen atoms in total. The maximum absolute atomic E-state index is 12.0. The number of rotatable bonds is 7. The van der Waals surface area contributed by atoms with Gasteiger partial charge in [0.25, 0.3) is 0 Å². The average molecular weight is 409 g/mol. The number of nitrogens with zero attached hydrogens (tertiary/aromatic N) is 5. The summed E-state index contributed by atoms with van der Waals surface area (Å²) in [6.07, 6.45) is 4.95. The molecule has 0 atom stereocenters. The van der Waals surface area contributed by atoms with Crippen LogP contribution in [0.2, 0.25) is 0 Å². The maximum atomic E-state index is 12.0. The summed E-state index contributed by atoms with van der Waals surface area (Å²) >= 11 is 0. The number of fused-ring (bicyclic) bond motifs is 1. The highest BCUT2D eigenvalue weighted by molar-refractivity contribution is 5.87. The molecule has 0 saturated carbocycles. The fourth-order valence-corrected chi connectivity index (χ4v) is 3.91.